The lowest BCUT2D eigenvalue weighted by molar-refractivity contribution is -0.0399. The lowest BCUT2D eigenvalue weighted by atomic mass is 9.43. The van der Waals surface area contributed by atoms with Gasteiger partial charge >= 0.3 is 7.12 Å². The Morgan fingerprint density at radius 3 is 2.13 bits per heavy atom. The first kappa shape index (κ1) is 18.9. The zero-order valence-electron chi connectivity index (χ0n) is 19.2. The van der Waals surface area contributed by atoms with Crippen molar-refractivity contribution in [3.63, 3.8) is 0 Å². The number of pyridine rings is 1. The number of nitrogens with zero attached hydrogens (tertiary/aromatic N) is 1. The third-order valence-electron chi connectivity index (χ3n) is 9.95. The minimum absolute atomic E-state index is 0.145. The topological polar surface area (TPSA) is 31.4 Å². The Labute approximate surface area is 186 Å². The first-order valence-electron chi connectivity index (χ1n) is 12.3. The molecule has 8 rings (SSSR count). The average Bonchev–Trinajstić information content (AvgIpc) is 3.13. The largest absolute Gasteiger partial charge is 0.494 e. The van der Waals surface area contributed by atoms with Crippen molar-refractivity contribution in [2.45, 2.75) is 76.4 Å². The molecule has 4 heteroatoms. The van der Waals surface area contributed by atoms with Crippen LogP contribution in [0.5, 0.6) is 0 Å². The highest BCUT2D eigenvalue weighted by Crippen LogP contribution is 2.68. The van der Waals surface area contributed by atoms with E-state index in [2.05, 4.69) is 58.0 Å². The molecule has 0 atom stereocenters. The smallest absolute Gasteiger partial charge is 0.399 e. The summed E-state index contributed by atoms with van der Waals surface area (Å²) < 4.78 is 12.9. The molecule has 160 valence electrons. The van der Waals surface area contributed by atoms with E-state index in [-0.39, 0.29) is 23.7 Å². The molecule has 0 N–H and O–H groups in total. The number of aromatic nitrogens is 1. The van der Waals surface area contributed by atoms with Gasteiger partial charge in [-0.05, 0) is 106 Å². The number of hydrogen-bond acceptors (Lipinski definition) is 3. The van der Waals surface area contributed by atoms with Gasteiger partial charge < -0.3 is 9.31 Å². The van der Waals surface area contributed by atoms with Crippen molar-refractivity contribution in [3.05, 3.63) is 47.7 Å². The van der Waals surface area contributed by atoms with Gasteiger partial charge in [0.25, 0.3) is 0 Å². The van der Waals surface area contributed by atoms with Crippen LogP contribution in [-0.2, 0) is 14.7 Å². The molecule has 1 spiro atoms. The summed E-state index contributed by atoms with van der Waals surface area (Å²) in [5.74, 6) is 3.40. The molecule has 1 aromatic carbocycles. The maximum atomic E-state index is 6.44. The Balaban J connectivity index is 1.40. The molecule has 3 nitrogen and oxygen atoms in total. The molecule has 1 aliphatic heterocycles. The van der Waals surface area contributed by atoms with Crippen LogP contribution in [0, 0.1) is 23.7 Å². The molecule has 2 aromatic rings. The van der Waals surface area contributed by atoms with Crippen molar-refractivity contribution in [1.82, 2.24) is 4.98 Å². The summed E-state index contributed by atoms with van der Waals surface area (Å²) in [6.45, 7) is 8.55. The lowest BCUT2D eigenvalue weighted by Crippen LogP contribution is -2.55. The molecule has 5 fully saturated rings. The van der Waals surface area contributed by atoms with Gasteiger partial charge in [0.15, 0.2) is 0 Å². The van der Waals surface area contributed by atoms with E-state index >= 15 is 0 Å². The van der Waals surface area contributed by atoms with Crippen LogP contribution in [0.3, 0.4) is 0 Å². The van der Waals surface area contributed by atoms with Gasteiger partial charge in [-0.15, -0.1) is 0 Å². The molecule has 0 unspecified atom stereocenters. The van der Waals surface area contributed by atoms with Gasteiger partial charge in [-0.2, -0.15) is 0 Å². The van der Waals surface area contributed by atoms with Crippen LogP contribution in [0.25, 0.3) is 11.3 Å². The number of benzene rings is 1. The fraction of sp³-hybridized carbons (Fsp3) is 0.593. The minimum Gasteiger partial charge on any atom is -0.399 e. The highest BCUT2D eigenvalue weighted by atomic mass is 16.7. The highest BCUT2D eigenvalue weighted by molar-refractivity contribution is 6.62. The fourth-order valence-electron chi connectivity index (χ4n) is 8.14. The zero-order chi connectivity index (χ0) is 21.2. The van der Waals surface area contributed by atoms with Gasteiger partial charge in [0.2, 0.25) is 0 Å². The normalized spacial score (nSPS) is 38.0. The van der Waals surface area contributed by atoms with Crippen LogP contribution in [0.4, 0.5) is 0 Å². The predicted octanol–water partition coefficient (Wildman–Crippen LogP) is 5.10. The molecular formula is C27H32BNO2. The standard InChI is InChI=1S/C27H32BNO2/c1-25(2)26(3,4)31-28(30-25)20-7-8-21-23(15-20)27(22-6-5-9-29-24(21)22)18-11-16-10-17(13-18)14-19(27)12-16/h5-9,15-19H,10-14H2,1-4H3. The van der Waals surface area contributed by atoms with E-state index in [0.717, 1.165) is 23.7 Å². The summed E-state index contributed by atoms with van der Waals surface area (Å²) in [5, 5.41) is 0. The van der Waals surface area contributed by atoms with Gasteiger partial charge in [0.1, 0.15) is 0 Å². The second-order valence-corrected chi connectivity index (χ2v) is 12.0. The molecule has 2 heterocycles. The van der Waals surface area contributed by atoms with Crippen LogP contribution in [0.15, 0.2) is 36.5 Å². The van der Waals surface area contributed by atoms with Crippen molar-refractivity contribution in [2.75, 3.05) is 0 Å². The first-order chi connectivity index (χ1) is 14.8. The zero-order valence-corrected chi connectivity index (χ0v) is 19.2. The second-order valence-electron chi connectivity index (χ2n) is 12.0. The van der Waals surface area contributed by atoms with Crippen LogP contribution >= 0.6 is 0 Å². The third kappa shape index (κ3) is 2.26. The van der Waals surface area contributed by atoms with E-state index in [4.69, 9.17) is 14.3 Å². The van der Waals surface area contributed by atoms with E-state index in [9.17, 15) is 0 Å². The molecule has 1 saturated heterocycles. The van der Waals surface area contributed by atoms with Crippen molar-refractivity contribution >= 4 is 12.6 Å². The molecule has 31 heavy (non-hydrogen) atoms. The lowest BCUT2D eigenvalue weighted by Gasteiger charge is -2.61. The van der Waals surface area contributed by atoms with Crippen molar-refractivity contribution in [3.8, 4) is 11.3 Å². The van der Waals surface area contributed by atoms with Gasteiger partial charge in [-0.1, -0.05) is 24.3 Å². The fourth-order valence-corrected chi connectivity index (χ4v) is 8.14. The van der Waals surface area contributed by atoms with E-state index in [1.807, 2.05) is 6.20 Å². The van der Waals surface area contributed by atoms with Crippen molar-refractivity contribution in [2.24, 2.45) is 23.7 Å². The first-order valence-corrected chi connectivity index (χ1v) is 12.3. The number of fused-ring (bicyclic) bond motifs is 3. The van der Waals surface area contributed by atoms with E-state index in [1.54, 1.807) is 0 Å². The minimum atomic E-state index is -0.318. The Hall–Kier alpha value is -1.65. The molecular weight excluding hydrogens is 381 g/mol. The summed E-state index contributed by atoms with van der Waals surface area (Å²) in [5.41, 5.74) is 6.27. The number of hydrogen-bond donors (Lipinski definition) is 0. The third-order valence-corrected chi connectivity index (χ3v) is 9.95. The number of rotatable bonds is 1. The Morgan fingerprint density at radius 1 is 0.839 bits per heavy atom. The van der Waals surface area contributed by atoms with E-state index in [0.29, 0.717) is 0 Å². The molecule has 1 aromatic heterocycles. The Kier molecular flexibility index (Phi) is 3.55. The Bertz CT molecular complexity index is 1050. The highest BCUT2D eigenvalue weighted by Gasteiger charge is 2.62. The molecule has 0 radical (unpaired) electrons. The van der Waals surface area contributed by atoms with Gasteiger partial charge in [-0.25, -0.2) is 0 Å². The molecule has 4 saturated carbocycles. The van der Waals surface area contributed by atoms with E-state index in [1.165, 1.54) is 60.0 Å². The molecule has 5 aliphatic carbocycles. The van der Waals surface area contributed by atoms with Crippen LogP contribution in [-0.4, -0.2) is 23.3 Å². The molecule has 6 aliphatic rings. The maximum Gasteiger partial charge on any atom is 0.494 e. The molecule has 0 amide bonds. The monoisotopic (exact) mass is 413 g/mol. The predicted molar refractivity (Wildman–Crippen MR) is 123 cm³/mol. The quantitative estimate of drug-likeness (QED) is 0.610. The summed E-state index contributed by atoms with van der Waals surface area (Å²) >= 11 is 0. The molecule has 4 bridgehead atoms. The van der Waals surface area contributed by atoms with Crippen LogP contribution in [0.1, 0.15) is 70.9 Å². The summed E-state index contributed by atoms with van der Waals surface area (Å²) in [6, 6.07) is 11.5. The summed E-state index contributed by atoms with van der Waals surface area (Å²) in [7, 11) is -0.305. The van der Waals surface area contributed by atoms with Crippen molar-refractivity contribution in [1.29, 1.82) is 0 Å². The van der Waals surface area contributed by atoms with Crippen LogP contribution in [0.2, 0.25) is 0 Å². The van der Waals surface area contributed by atoms with Gasteiger partial charge in [0.05, 0.1) is 16.9 Å². The van der Waals surface area contributed by atoms with Gasteiger partial charge in [0, 0.05) is 17.2 Å². The van der Waals surface area contributed by atoms with Gasteiger partial charge in [-0.3, -0.25) is 4.98 Å². The summed E-state index contributed by atoms with van der Waals surface area (Å²) in [6.07, 6.45) is 9.01. The second kappa shape index (κ2) is 5.82. The van der Waals surface area contributed by atoms with E-state index < -0.39 is 0 Å². The average molecular weight is 413 g/mol. The summed E-state index contributed by atoms with van der Waals surface area (Å²) in [4.78, 5) is 4.92. The maximum absolute atomic E-state index is 6.44. The Morgan fingerprint density at radius 2 is 1.48 bits per heavy atom. The SMILES string of the molecule is CC1(C)OB(c2ccc3c(c2)C2(c4cccnc4-3)C3CC4CC(C3)CC2C4)OC1(C)C. The van der Waals surface area contributed by atoms with Crippen LogP contribution < -0.4 is 5.46 Å². The van der Waals surface area contributed by atoms with Crippen molar-refractivity contribution < 1.29 is 9.31 Å².